The van der Waals surface area contributed by atoms with Crippen LogP contribution in [0, 0.1) is 6.92 Å². The molecule has 2 rings (SSSR count). The molecule has 1 heterocycles. The molecule has 1 atom stereocenters. The molecule has 1 aromatic carbocycles. The highest BCUT2D eigenvalue weighted by atomic mass is 16.5. The lowest BCUT2D eigenvalue weighted by atomic mass is 10.0. The van der Waals surface area contributed by atoms with E-state index in [-0.39, 0.29) is 0 Å². The van der Waals surface area contributed by atoms with E-state index >= 15 is 0 Å². The van der Waals surface area contributed by atoms with Gasteiger partial charge in [-0.3, -0.25) is 0 Å². The van der Waals surface area contributed by atoms with Crippen molar-refractivity contribution in [1.29, 1.82) is 0 Å². The largest absolute Gasteiger partial charge is 0.494 e. The summed E-state index contributed by atoms with van der Waals surface area (Å²) in [4.78, 5) is 9.03. The molecule has 0 spiro atoms. The van der Waals surface area contributed by atoms with Gasteiger partial charge in [0, 0.05) is 23.7 Å². The summed E-state index contributed by atoms with van der Waals surface area (Å²) in [6, 6.07) is 8.35. The highest BCUT2D eigenvalue weighted by molar-refractivity contribution is 5.50. The molecule has 0 saturated carbocycles. The van der Waals surface area contributed by atoms with E-state index in [2.05, 4.69) is 35.2 Å². The Morgan fingerprint density at radius 3 is 2.62 bits per heavy atom. The number of aryl methyl sites for hydroxylation is 1. The molecule has 5 heteroatoms. The van der Waals surface area contributed by atoms with Crippen molar-refractivity contribution in [2.45, 2.75) is 53.0 Å². The molecule has 5 nitrogen and oxygen atoms in total. The van der Waals surface area contributed by atoms with Gasteiger partial charge in [-0.25, -0.2) is 4.98 Å². The molecule has 0 aliphatic rings. The lowest BCUT2D eigenvalue weighted by Gasteiger charge is -2.16. The van der Waals surface area contributed by atoms with Gasteiger partial charge in [0.2, 0.25) is 5.95 Å². The molecule has 0 radical (unpaired) electrons. The number of nitrogens with two attached hydrogens (primary N) is 1. The fourth-order valence-electron chi connectivity index (χ4n) is 2.76. The topological polar surface area (TPSA) is 73.1 Å². The average molecular weight is 328 g/mol. The number of rotatable bonds is 8. The van der Waals surface area contributed by atoms with E-state index in [9.17, 15) is 0 Å². The number of nitrogens with zero attached hydrogens (tertiary/aromatic N) is 2. The van der Waals surface area contributed by atoms with Gasteiger partial charge in [0.1, 0.15) is 11.6 Å². The van der Waals surface area contributed by atoms with Crippen molar-refractivity contribution >= 4 is 11.8 Å². The standard InChI is InChI=1S/C19H28N4O/c1-5-9-13(3)21-19-22-14(4)16(18(20)23-19)12-15-10-7-8-11-17(15)24-6-2/h7-8,10-11,13H,5-6,9,12H2,1-4H3,(H3,20,21,22,23). The molecule has 1 aromatic heterocycles. The monoisotopic (exact) mass is 328 g/mol. The first-order valence-corrected chi connectivity index (χ1v) is 8.65. The number of anilines is 2. The predicted molar refractivity (Wildman–Crippen MR) is 99.6 cm³/mol. The first kappa shape index (κ1) is 18.0. The van der Waals surface area contributed by atoms with Gasteiger partial charge in [-0.1, -0.05) is 31.5 Å². The second kappa shape index (κ2) is 8.52. The summed E-state index contributed by atoms with van der Waals surface area (Å²) in [5.74, 6) is 2.02. The van der Waals surface area contributed by atoms with E-state index in [0.717, 1.165) is 35.4 Å². The maximum Gasteiger partial charge on any atom is 0.225 e. The van der Waals surface area contributed by atoms with Gasteiger partial charge in [-0.15, -0.1) is 0 Å². The van der Waals surface area contributed by atoms with Crippen LogP contribution in [0.25, 0.3) is 0 Å². The molecule has 130 valence electrons. The Morgan fingerprint density at radius 2 is 1.96 bits per heavy atom. The van der Waals surface area contributed by atoms with Crippen LogP contribution in [-0.2, 0) is 6.42 Å². The molecular formula is C19H28N4O. The van der Waals surface area contributed by atoms with Gasteiger partial charge in [-0.2, -0.15) is 4.98 Å². The average Bonchev–Trinajstić information content (AvgIpc) is 2.53. The molecule has 0 aliphatic heterocycles. The van der Waals surface area contributed by atoms with Crippen LogP contribution in [0.5, 0.6) is 5.75 Å². The van der Waals surface area contributed by atoms with Crippen molar-refractivity contribution in [1.82, 2.24) is 9.97 Å². The molecular weight excluding hydrogens is 300 g/mol. The van der Waals surface area contributed by atoms with Crippen LogP contribution in [0.2, 0.25) is 0 Å². The van der Waals surface area contributed by atoms with Crippen LogP contribution < -0.4 is 15.8 Å². The first-order chi connectivity index (χ1) is 11.5. The molecule has 3 N–H and O–H groups in total. The first-order valence-electron chi connectivity index (χ1n) is 8.65. The summed E-state index contributed by atoms with van der Waals surface area (Å²) in [6.45, 7) is 8.89. The van der Waals surface area contributed by atoms with Gasteiger partial charge in [0.15, 0.2) is 0 Å². The lowest BCUT2D eigenvalue weighted by molar-refractivity contribution is 0.337. The summed E-state index contributed by atoms with van der Waals surface area (Å²) in [6.07, 6.45) is 2.86. The predicted octanol–water partition coefficient (Wildman–Crippen LogP) is 3.96. The summed E-state index contributed by atoms with van der Waals surface area (Å²) >= 11 is 0. The Morgan fingerprint density at radius 1 is 1.21 bits per heavy atom. The fourth-order valence-corrected chi connectivity index (χ4v) is 2.76. The molecule has 0 saturated heterocycles. The normalized spacial score (nSPS) is 12.0. The summed E-state index contributed by atoms with van der Waals surface area (Å²) in [5, 5.41) is 3.32. The molecule has 24 heavy (non-hydrogen) atoms. The number of nitrogens with one attached hydrogen (secondary N) is 1. The number of para-hydroxylation sites is 1. The Labute approximate surface area is 144 Å². The third kappa shape index (κ3) is 4.60. The second-order valence-electron chi connectivity index (χ2n) is 6.05. The van der Waals surface area contributed by atoms with Crippen LogP contribution in [0.4, 0.5) is 11.8 Å². The smallest absolute Gasteiger partial charge is 0.225 e. The number of nitrogen functional groups attached to an aromatic ring is 1. The van der Waals surface area contributed by atoms with Crippen molar-refractivity contribution in [3.63, 3.8) is 0 Å². The van der Waals surface area contributed by atoms with Gasteiger partial charge in [0.25, 0.3) is 0 Å². The second-order valence-corrected chi connectivity index (χ2v) is 6.05. The Hall–Kier alpha value is -2.30. The zero-order chi connectivity index (χ0) is 17.5. The maximum absolute atomic E-state index is 6.21. The van der Waals surface area contributed by atoms with Crippen LogP contribution in [0.1, 0.15) is 50.4 Å². The van der Waals surface area contributed by atoms with Gasteiger partial charge in [0.05, 0.1) is 6.61 Å². The summed E-state index contributed by atoms with van der Waals surface area (Å²) in [5.41, 5.74) is 9.16. The van der Waals surface area contributed by atoms with Crippen LogP contribution in [0.3, 0.4) is 0 Å². The molecule has 1 unspecified atom stereocenters. The van der Waals surface area contributed by atoms with Gasteiger partial charge in [-0.05, 0) is 38.8 Å². The Kier molecular flexibility index (Phi) is 6.41. The van der Waals surface area contributed by atoms with Crippen molar-refractivity contribution in [2.24, 2.45) is 0 Å². The number of hydrogen-bond donors (Lipinski definition) is 2. The van der Waals surface area contributed by atoms with Crippen LogP contribution in [0.15, 0.2) is 24.3 Å². The van der Waals surface area contributed by atoms with E-state index in [1.807, 2.05) is 32.0 Å². The molecule has 0 amide bonds. The van der Waals surface area contributed by atoms with E-state index < -0.39 is 0 Å². The quantitative estimate of drug-likeness (QED) is 0.767. The SMILES string of the molecule is CCCC(C)Nc1nc(C)c(Cc2ccccc2OCC)c(N)n1. The molecule has 0 aliphatic carbocycles. The van der Waals surface area contributed by atoms with Crippen molar-refractivity contribution in [2.75, 3.05) is 17.7 Å². The number of benzene rings is 1. The molecule has 0 fully saturated rings. The van der Waals surface area contributed by atoms with E-state index in [1.165, 1.54) is 0 Å². The minimum absolute atomic E-state index is 0.332. The van der Waals surface area contributed by atoms with Crippen molar-refractivity contribution < 1.29 is 4.74 Å². The minimum Gasteiger partial charge on any atom is -0.494 e. The minimum atomic E-state index is 0.332. The maximum atomic E-state index is 6.21. The van der Waals surface area contributed by atoms with E-state index in [4.69, 9.17) is 10.5 Å². The number of aromatic nitrogens is 2. The number of hydrogen-bond acceptors (Lipinski definition) is 5. The Bertz CT molecular complexity index is 649. The zero-order valence-corrected chi connectivity index (χ0v) is 15.1. The lowest BCUT2D eigenvalue weighted by Crippen LogP contribution is -2.18. The zero-order valence-electron chi connectivity index (χ0n) is 15.1. The fraction of sp³-hybridized carbons (Fsp3) is 0.474. The van der Waals surface area contributed by atoms with Crippen molar-refractivity contribution in [3.05, 3.63) is 41.1 Å². The third-order valence-electron chi connectivity index (χ3n) is 3.98. The highest BCUT2D eigenvalue weighted by Gasteiger charge is 2.13. The third-order valence-corrected chi connectivity index (χ3v) is 3.98. The molecule has 2 aromatic rings. The van der Waals surface area contributed by atoms with Gasteiger partial charge >= 0.3 is 0 Å². The summed E-state index contributed by atoms with van der Waals surface area (Å²) < 4.78 is 5.70. The van der Waals surface area contributed by atoms with Crippen molar-refractivity contribution in [3.8, 4) is 5.75 Å². The van der Waals surface area contributed by atoms with E-state index in [1.54, 1.807) is 0 Å². The van der Waals surface area contributed by atoms with E-state index in [0.29, 0.717) is 30.8 Å². The Balaban J connectivity index is 2.23. The highest BCUT2D eigenvalue weighted by Crippen LogP contribution is 2.25. The van der Waals surface area contributed by atoms with Crippen LogP contribution >= 0.6 is 0 Å². The van der Waals surface area contributed by atoms with Crippen LogP contribution in [-0.4, -0.2) is 22.6 Å². The number of ether oxygens (including phenoxy) is 1. The summed E-state index contributed by atoms with van der Waals surface area (Å²) in [7, 11) is 0. The molecule has 0 bridgehead atoms. The van der Waals surface area contributed by atoms with Gasteiger partial charge < -0.3 is 15.8 Å².